The number of nitrogens with one attached hydrogen (secondary N) is 1. The molecule has 2 aromatic carbocycles. The van der Waals surface area contributed by atoms with Crippen molar-refractivity contribution in [1.82, 2.24) is 0 Å². The second-order valence-electron chi connectivity index (χ2n) is 4.52. The first kappa shape index (κ1) is 15.1. The number of hydrogen-bond acceptors (Lipinski definition) is 4. The van der Waals surface area contributed by atoms with E-state index in [4.69, 9.17) is 9.47 Å². The number of ether oxygens (including phenoxy) is 2. The summed E-state index contributed by atoms with van der Waals surface area (Å²) in [5.74, 6) is 0.870. The van der Waals surface area contributed by atoms with E-state index in [9.17, 15) is 9.50 Å². The summed E-state index contributed by atoms with van der Waals surface area (Å²) in [5.41, 5.74) is 1.31. The van der Waals surface area contributed by atoms with Crippen molar-refractivity contribution in [3.63, 3.8) is 0 Å². The number of aliphatic hydroxyl groups excluding tert-OH is 1. The first-order valence-corrected chi connectivity index (χ1v) is 6.53. The van der Waals surface area contributed by atoms with Crippen LogP contribution in [0.1, 0.15) is 11.7 Å². The summed E-state index contributed by atoms with van der Waals surface area (Å²) in [6.45, 7) is 0.263. The van der Waals surface area contributed by atoms with Gasteiger partial charge in [-0.1, -0.05) is 12.1 Å². The molecule has 1 unspecified atom stereocenters. The van der Waals surface area contributed by atoms with Crippen LogP contribution in [-0.2, 0) is 0 Å². The van der Waals surface area contributed by atoms with Gasteiger partial charge in [0.15, 0.2) is 11.5 Å². The number of aliphatic hydroxyl groups is 1. The lowest BCUT2D eigenvalue weighted by molar-refractivity contribution is 0.191. The summed E-state index contributed by atoms with van der Waals surface area (Å²) in [7, 11) is 3.13. The zero-order chi connectivity index (χ0) is 15.2. The summed E-state index contributed by atoms with van der Waals surface area (Å²) >= 11 is 0. The third-order valence-electron chi connectivity index (χ3n) is 3.12. The molecule has 0 aliphatic heterocycles. The van der Waals surface area contributed by atoms with E-state index >= 15 is 0 Å². The molecule has 112 valence electrons. The fraction of sp³-hybridized carbons (Fsp3) is 0.250. The van der Waals surface area contributed by atoms with Crippen molar-refractivity contribution in [2.45, 2.75) is 6.10 Å². The highest BCUT2D eigenvalue weighted by Gasteiger charge is 2.09. The smallest absolute Gasteiger partial charge is 0.162 e. The van der Waals surface area contributed by atoms with Crippen LogP contribution in [0.15, 0.2) is 42.5 Å². The van der Waals surface area contributed by atoms with Gasteiger partial charge in [0, 0.05) is 18.3 Å². The lowest BCUT2D eigenvalue weighted by Crippen LogP contribution is -2.12. The zero-order valence-corrected chi connectivity index (χ0v) is 12.0. The molecule has 1 atom stereocenters. The highest BCUT2D eigenvalue weighted by molar-refractivity contribution is 5.54. The van der Waals surface area contributed by atoms with E-state index in [1.54, 1.807) is 38.5 Å². The monoisotopic (exact) mass is 291 g/mol. The van der Waals surface area contributed by atoms with Gasteiger partial charge < -0.3 is 19.9 Å². The van der Waals surface area contributed by atoms with Crippen LogP contribution in [0.3, 0.4) is 0 Å². The Hall–Kier alpha value is -2.27. The molecule has 4 nitrogen and oxygen atoms in total. The van der Waals surface area contributed by atoms with E-state index < -0.39 is 6.10 Å². The fourth-order valence-corrected chi connectivity index (χ4v) is 1.99. The summed E-state index contributed by atoms with van der Waals surface area (Å²) in [6.07, 6.45) is -0.797. The molecule has 0 radical (unpaired) electrons. The number of rotatable bonds is 6. The molecule has 0 saturated heterocycles. The van der Waals surface area contributed by atoms with Crippen LogP contribution in [0.4, 0.5) is 10.1 Å². The SMILES string of the molecule is COc1ccc(NCC(O)c2cccc(F)c2)cc1OC. The van der Waals surface area contributed by atoms with Gasteiger partial charge in [-0.3, -0.25) is 0 Å². The number of methoxy groups -OCH3 is 2. The lowest BCUT2D eigenvalue weighted by Gasteiger charge is -2.15. The average molecular weight is 291 g/mol. The third kappa shape index (κ3) is 3.86. The van der Waals surface area contributed by atoms with Crippen LogP contribution >= 0.6 is 0 Å². The molecule has 0 aromatic heterocycles. The maximum Gasteiger partial charge on any atom is 0.162 e. The Balaban J connectivity index is 2.02. The van der Waals surface area contributed by atoms with Crippen LogP contribution in [0.2, 0.25) is 0 Å². The number of hydrogen-bond donors (Lipinski definition) is 2. The molecule has 0 heterocycles. The molecule has 2 aromatic rings. The Bertz CT molecular complexity index is 604. The second-order valence-corrected chi connectivity index (χ2v) is 4.52. The predicted molar refractivity (Wildman–Crippen MR) is 79.4 cm³/mol. The summed E-state index contributed by atoms with van der Waals surface area (Å²) in [6, 6.07) is 11.3. The van der Waals surface area contributed by atoms with E-state index in [1.165, 1.54) is 12.1 Å². The van der Waals surface area contributed by atoms with Crippen molar-refractivity contribution >= 4 is 5.69 Å². The van der Waals surface area contributed by atoms with E-state index in [2.05, 4.69) is 5.32 Å². The quantitative estimate of drug-likeness (QED) is 0.859. The van der Waals surface area contributed by atoms with Gasteiger partial charge in [-0.2, -0.15) is 0 Å². The standard InChI is InChI=1S/C16H18FNO3/c1-20-15-7-6-13(9-16(15)21-2)18-10-14(19)11-4-3-5-12(17)8-11/h3-9,14,18-19H,10H2,1-2H3. The Morgan fingerprint density at radius 1 is 1.10 bits per heavy atom. The van der Waals surface area contributed by atoms with Crippen molar-refractivity contribution < 1.29 is 19.0 Å². The van der Waals surface area contributed by atoms with Gasteiger partial charge in [0.1, 0.15) is 5.82 Å². The van der Waals surface area contributed by atoms with E-state index in [0.29, 0.717) is 17.1 Å². The van der Waals surface area contributed by atoms with Gasteiger partial charge in [-0.25, -0.2) is 4.39 Å². The maximum absolute atomic E-state index is 13.1. The molecule has 0 aliphatic carbocycles. The highest BCUT2D eigenvalue weighted by Crippen LogP contribution is 2.30. The topological polar surface area (TPSA) is 50.7 Å². The van der Waals surface area contributed by atoms with Gasteiger partial charge in [-0.15, -0.1) is 0 Å². The van der Waals surface area contributed by atoms with Gasteiger partial charge in [0.05, 0.1) is 20.3 Å². The number of anilines is 1. The molecule has 5 heteroatoms. The lowest BCUT2D eigenvalue weighted by atomic mass is 10.1. The fourth-order valence-electron chi connectivity index (χ4n) is 1.99. The maximum atomic E-state index is 13.1. The first-order chi connectivity index (χ1) is 10.1. The largest absolute Gasteiger partial charge is 0.493 e. The van der Waals surface area contributed by atoms with Gasteiger partial charge >= 0.3 is 0 Å². The Kier molecular flexibility index (Phi) is 5.00. The van der Waals surface area contributed by atoms with Crippen LogP contribution in [0.25, 0.3) is 0 Å². The second kappa shape index (κ2) is 6.95. The zero-order valence-electron chi connectivity index (χ0n) is 12.0. The molecular weight excluding hydrogens is 273 g/mol. The summed E-state index contributed by atoms with van der Waals surface area (Å²) < 4.78 is 23.5. The molecule has 21 heavy (non-hydrogen) atoms. The molecule has 2 N–H and O–H groups in total. The molecular formula is C16H18FNO3. The van der Waals surface area contributed by atoms with Gasteiger partial charge in [0.2, 0.25) is 0 Å². The summed E-state index contributed by atoms with van der Waals surface area (Å²) in [4.78, 5) is 0. The Morgan fingerprint density at radius 2 is 1.86 bits per heavy atom. The molecule has 0 spiro atoms. The van der Waals surface area contributed by atoms with Gasteiger partial charge in [0.25, 0.3) is 0 Å². The van der Waals surface area contributed by atoms with Crippen LogP contribution in [-0.4, -0.2) is 25.9 Å². The third-order valence-corrected chi connectivity index (χ3v) is 3.12. The molecule has 2 rings (SSSR count). The van der Waals surface area contributed by atoms with Crippen molar-refractivity contribution in [2.24, 2.45) is 0 Å². The molecule has 0 bridgehead atoms. The molecule has 0 aliphatic rings. The van der Waals surface area contributed by atoms with E-state index in [-0.39, 0.29) is 12.4 Å². The van der Waals surface area contributed by atoms with Crippen LogP contribution in [0, 0.1) is 5.82 Å². The Labute approximate surface area is 123 Å². The summed E-state index contributed by atoms with van der Waals surface area (Å²) in [5, 5.41) is 13.1. The highest BCUT2D eigenvalue weighted by atomic mass is 19.1. The number of halogens is 1. The van der Waals surface area contributed by atoms with Crippen molar-refractivity contribution in [3.8, 4) is 11.5 Å². The van der Waals surface area contributed by atoms with E-state index in [0.717, 1.165) is 5.69 Å². The molecule has 0 fully saturated rings. The van der Waals surface area contributed by atoms with E-state index in [1.807, 2.05) is 6.07 Å². The predicted octanol–water partition coefficient (Wildman–Crippen LogP) is 2.99. The molecule has 0 saturated carbocycles. The van der Waals surface area contributed by atoms with Crippen LogP contribution in [0.5, 0.6) is 11.5 Å². The number of benzene rings is 2. The minimum Gasteiger partial charge on any atom is -0.493 e. The van der Waals surface area contributed by atoms with Crippen molar-refractivity contribution in [2.75, 3.05) is 26.1 Å². The van der Waals surface area contributed by atoms with Crippen LogP contribution < -0.4 is 14.8 Å². The minimum absolute atomic E-state index is 0.263. The minimum atomic E-state index is -0.797. The van der Waals surface area contributed by atoms with Crippen molar-refractivity contribution in [3.05, 3.63) is 53.8 Å². The average Bonchev–Trinajstić information content (AvgIpc) is 2.52. The van der Waals surface area contributed by atoms with Crippen molar-refractivity contribution in [1.29, 1.82) is 0 Å². The molecule has 0 amide bonds. The van der Waals surface area contributed by atoms with Gasteiger partial charge in [-0.05, 0) is 29.8 Å². The first-order valence-electron chi connectivity index (χ1n) is 6.53. The Morgan fingerprint density at radius 3 is 2.52 bits per heavy atom. The normalized spacial score (nSPS) is 11.8.